The van der Waals surface area contributed by atoms with Gasteiger partial charge in [0.15, 0.2) is 5.16 Å². The molecule has 0 aromatic carbocycles. The minimum Gasteiger partial charge on any atom is -0.324 e. The number of fused-ring (bicyclic) bond motifs is 1. The largest absolute Gasteiger partial charge is 0.324 e. The van der Waals surface area contributed by atoms with Crippen molar-refractivity contribution < 1.29 is 0 Å². The fraction of sp³-hybridized carbons (Fsp3) is 0.385. The van der Waals surface area contributed by atoms with Gasteiger partial charge in [0.25, 0.3) is 0 Å². The summed E-state index contributed by atoms with van der Waals surface area (Å²) in [6.07, 6.45) is 6.69. The van der Waals surface area contributed by atoms with E-state index in [9.17, 15) is 0 Å². The Bertz CT molecular complexity index is 700. The summed E-state index contributed by atoms with van der Waals surface area (Å²) >= 11 is 1.62. The second-order valence-electron chi connectivity index (χ2n) is 4.60. The molecule has 0 aliphatic carbocycles. The topological polar surface area (TPSA) is 86.9 Å². The monoisotopic (exact) mass is 303 g/mol. The number of nitrogens with zero attached hydrogens (tertiary/aromatic N) is 6. The number of hydrogen-bond donors (Lipinski definition) is 1. The Morgan fingerprint density at radius 3 is 3.00 bits per heavy atom. The lowest BCUT2D eigenvalue weighted by Crippen LogP contribution is -2.09. The quantitative estimate of drug-likeness (QED) is 0.694. The highest BCUT2D eigenvalue weighted by atomic mass is 32.2. The van der Waals surface area contributed by atoms with Gasteiger partial charge in [0, 0.05) is 30.9 Å². The second-order valence-corrected chi connectivity index (χ2v) is 5.54. The summed E-state index contributed by atoms with van der Waals surface area (Å²) in [4.78, 5) is 8.69. The van der Waals surface area contributed by atoms with Crippen molar-refractivity contribution in [1.82, 2.24) is 29.1 Å². The zero-order valence-corrected chi connectivity index (χ0v) is 12.6. The Kier molecular flexibility index (Phi) is 4.16. The molecule has 0 saturated carbocycles. The van der Waals surface area contributed by atoms with Crippen LogP contribution < -0.4 is 5.73 Å². The van der Waals surface area contributed by atoms with Crippen molar-refractivity contribution >= 4 is 17.5 Å². The minimum absolute atomic E-state index is 0.409. The molecule has 8 heteroatoms. The van der Waals surface area contributed by atoms with Gasteiger partial charge in [-0.2, -0.15) is 0 Å². The molecule has 3 heterocycles. The lowest BCUT2D eigenvalue weighted by atomic mass is 10.4. The maximum Gasteiger partial charge on any atom is 0.233 e. The molecule has 0 aliphatic rings. The van der Waals surface area contributed by atoms with E-state index in [1.54, 1.807) is 18.0 Å². The number of rotatable bonds is 6. The van der Waals surface area contributed by atoms with E-state index in [0.717, 1.165) is 35.4 Å². The second kappa shape index (κ2) is 6.23. The third-order valence-electron chi connectivity index (χ3n) is 3.06. The van der Waals surface area contributed by atoms with Crippen molar-refractivity contribution in [2.24, 2.45) is 5.73 Å². The van der Waals surface area contributed by atoms with Crippen LogP contribution in [0.2, 0.25) is 0 Å². The smallest absolute Gasteiger partial charge is 0.233 e. The van der Waals surface area contributed by atoms with Crippen LogP contribution in [0, 0.1) is 0 Å². The summed E-state index contributed by atoms with van der Waals surface area (Å²) in [5.74, 6) is 2.28. The summed E-state index contributed by atoms with van der Waals surface area (Å²) in [6, 6.07) is 1.89. The molecule has 3 aromatic rings. The van der Waals surface area contributed by atoms with Gasteiger partial charge in [-0.1, -0.05) is 18.7 Å². The van der Waals surface area contributed by atoms with Crippen molar-refractivity contribution in [3.05, 3.63) is 36.2 Å². The van der Waals surface area contributed by atoms with Gasteiger partial charge in [0.1, 0.15) is 5.82 Å². The molecule has 3 rings (SSSR count). The average Bonchev–Trinajstić information content (AvgIpc) is 3.08. The third-order valence-corrected chi connectivity index (χ3v) is 4.06. The molecule has 0 saturated heterocycles. The first kappa shape index (κ1) is 14.0. The Morgan fingerprint density at radius 2 is 2.24 bits per heavy atom. The van der Waals surface area contributed by atoms with Crippen molar-refractivity contribution in [3.8, 4) is 0 Å². The van der Waals surface area contributed by atoms with Crippen LogP contribution in [0.3, 0.4) is 0 Å². The van der Waals surface area contributed by atoms with E-state index in [4.69, 9.17) is 5.73 Å². The molecule has 0 aliphatic heterocycles. The van der Waals surface area contributed by atoms with E-state index in [0.29, 0.717) is 12.3 Å². The van der Waals surface area contributed by atoms with Gasteiger partial charge in [0.05, 0.1) is 12.2 Å². The van der Waals surface area contributed by atoms with Gasteiger partial charge >= 0.3 is 0 Å². The molecule has 0 atom stereocenters. The maximum atomic E-state index is 5.70. The SMILES string of the molecule is CCCn1c(CN)nnc1SCc1cn2cccnc2n1. The zero-order chi connectivity index (χ0) is 14.7. The maximum absolute atomic E-state index is 5.70. The van der Waals surface area contributed by atoms with E-state index < -0.39 is 0 Å². The molecule has 0 radical (unpaired) electrons. The summed E-state index contributed by atoms with van der Waals surface area (Å²) < 4.78 is 4.00. The van der Waals surface area contributed by atoms with Crippen LogP contribution in [0.15, 0.2) is 29.8 Å². The standard InChI is InChI=1S/C13H17N7S/c1-2-5-20-11(7-14)17-18-13(20)21-9-10-8-19-6-3-4-15-12(19)16-10/h3-4,6,8H,2,5,7,9,14H2,1H3. The molecule has 2 N–H and O–H groups in total. The van der Waals surface area contributed by atoms with Gasteiger partial charge in [-0.15, -0.1) is 10.2 Å². The summed E-state index contributed by atoms with van der Waals surface area (Å²) in [5.41, 5.74) is 6.67. The molecular weight excluding hydrogens is 286 g/mol. The lowest BCUT2D eigenvalue weighted by Gasteiger charge is -2.06. The van der Waals surface area contributed by atoms with Crippen LogP contribution in [-0.4, -0.2) is 29.1 Å². The molecule has 3 aromatic heterocycles. The predicted molar refractivity (Wildman–Crippen MR) is 80.8 cm³/mol. The van der Waals surface area contributed by atoms with Crippen molar-refractivity contribution in [1.29, 1.82) is 0 Å². The van der Waals surface area contributed by atoms with E-state index >= 15 is 0 Å². The lowest BCUT2D eigenvalue weighted by molar-refractivity contribution is 0.592. The van der Waals surface area contributed by atoms with E-state index in [2.05, 4.69) is 31.7 Å². The van der Waals surface area contributed by atoms with Gasteiger partial charge in [-0.25, -0.2) is 9.97 Å². The van der Waals surface area contributed by atoms with Crippen LogP contribution in [0.4, 0.5) is 0 Å². The first-order valence-electron chi connectivity index (χ1n) is 6.85. The Labute approximate surface area is 126 Å². The minimum atomic E-state index is 0.409. The number of imidazole rings is 1. The van der Waals surface area contributed by atoms with Crippen molar-refractivity contribution in [2.75, 3.05) is 0 Å². The van der Waals surface area contributed by atoms with Crippen LogP contribution in [0.25, 0.3) is 5.78 Å². The normalized spacial score (nSPS) is 11.3. The van der Waals surface area contributed by atoms with Crippen LogP contribution in [0.1, 0.15) is 24.9 Å². The fourth-order valence-corrected chi connectivity index (χ4v) is 2.98. The molecule has 0 amide bonds. The predicted octanol–water partition coefficient (Wildman–Crippen LogP) is 1.48. The van der Waals surface area contributed by atoms with Gasteiger partial charge < -0.3 is 10.3 Å². The number of thioether (sulfide) groups is 1. The van der Waals surface area contributed by atoms with Gasteiger partial charge in [0.2, 0.25) is 5.78 Å². The Morgan fingerprint density at radius 1 is 1.33 bits per heavy atom. The highest BCUT2D eigenvalue weighted by molar-refractivity contribution is 7.98. The fourth-order valence-electron chi connectivity index (χ4n) is 2.11. The molecule has 0 bridgehead atoms. The number of aromatic nitrogens is 6. The Hall–Kier alpha value is -1.93. The molecule has 0 fully saturated rings. The highest BCUT2D eigenvalue weighted by Crippen LogP contribution is 2.21. The molecule has 0 spiro atoms. The Balaban J connectivity index is 1.76. The molecular formula is C13H17N7S. The molecule has 0 unspecified atom stereocenters. The number of hydrogen-bond acceptors (Lipinski definition) is 6. The third kappa shape index (κ3) is 2.91. The van der Waals surface area contributed by atoms with Crippen molar-refractivity contribution in [3.63, 3.8) is 0 Å². The van der Waals surface area contributed by atoms with E-state index in [-0.39, 0.29) is 0 Å². The summed E-state index contributed by atoms with van der Waals surface area (Å²) in [5, 5.41) is 9.25. The molecule has 21 heavy (non-hydrogen) atoms. The first-order chi connectivity index (χ1) is 10.3. The number of nitrogens with two attached hydrogens (primary N) is 1. The molecule has 110 valence electrons. The van der Waals surface area contributed by atoms with Gasteiger partial charge in [-0.05, 0) is 12.5 Å². The van der Waals surface area contributed by atoms with E-state index in [1.165, 1.54) is 0 Å². The highest BCUT2D eigenvalue weighted by Gasteiger charge is 2.12. The first-order valence-corrected chi connectivity index (χ1v) is 7.84. The zero-order valence-electron chi connectivity index (χ0n) is 11.8. The van der Waals surface area contributed by atoms with Crippen LogP contribution in [0.5, 0.6) is 0 Å². The van der Waals surface area contributed by atoms with Crippen LogP contribution in [-0.2, 0) is 18.8 Å². The average molecular weight is 303 g/mol. The van der Waals surface area contributed by atoms with E-state index in [1.807, 2.05) is 22.9 Å². The summed E-state index contributed by atoms with van der Waals surface area (Å²) in [7, 11) is 0. The molecule has 7 nitrogen and oxygen atoms in total. The summed E-state index contributed by atoms with van der Waals surface area (Å²) in [6.45, 7) is 3.42. The van der Waals surface area contributed by atoms with Crippen molar-refractivity contribution in [2.45, 2.75) is 37.3 Å². The van der Waals surface area contributed by atoms with Crippen LogP contribution >= 0.6 is 11.8 Å². The van der Waals surface area contributed by atoms with Gasteiger partial charge in [-0.3, -0.25) is 4.40 Å².